The SMILES string of the molecule is C[C@H](Cc1ccccc1)N=Cc1ccccc1O. The molecule has 2 heteroatoms. The molecule has 2 aromatic rings. The fourth-order valence-electron chi connectivity index (χ4n) is 1.81. The zero-order valence-corrected chi connectivity index (χ0v) is 10.5. The van der Waals surface area contributed by atoms with Gasteiger partial charge >= 0.3 is 0 Å². The van der Waals surface area contributed by atoms with E-state index >= 15 is 0 Å². The van der Waals surface area contributed by atoms with Crippen LogP contribution < -0.4 is 0 Å². The third kappa shape index (κ3) is 3.45. The minimum atomic E-state index is 0.201. The van der Waals surface area contributed by atoms with Crippen LogP contribution in [0.1, 0.15) is 18.1 Å². The smallest absolute Gasteiger partial charge is 0.124 e. The zero-order chi connectivity index (χ0) is 12.8. The number of rotatable bonds is 4. The van der Waals surface area contributed by atoms with E-state index in [9.17, 15) is 5.11 Å². The summed E-state index contributed by atoms with van der Waals surface area (Å²) in [6.07, 6.45) is 2.65. The zero-order valence-electron chi connectivity index (χ0n) is 10.5. The molecule has 0 amide bonds. The highest BCUT2D eigenvalue weighted by molar-refractivity contribution is 5.83. The highest BCUT2D eigenvalue weighted by atomic mass is 16.3. The van der Waals surface area contributed by atoms with Crippen LogP contribution in [0.4, 0.5) is 0 Å². The summed E-state index contributed by atoms with van der Waals surface area (Å²) in [5.41, 5.74) is 2.04. The molecule has 0 aliphatic heterocycles. The fraction of sp³-hybridized carbons (Fsp3) is 0.188. The molecule has 2 aromatic carbocycles. The summed E-state index contributed by atoms with van der Waals surface area (Å²) in [5.74, 6) is 0.271. The third-order valence-corrected chi connectivity index (χ3v) is 2.78. The molecule has 0 fully saturated rings. The number of hydrogen-bond acceptors (Lipinski definition) is 2. The Morgan fingerprint density at radius 3 is 2.44 bits per heavy atom. The van der Waals surface area contributed by atoms with Crippen LogP contribution in [0, 0.1) is 0 Å². The first-order valence-corrected chi connectivity index (χ1v) is 6.11. The Bertz CT molecular complexity index is 520. The molecule has 0 bridgehead atoms. The second kappa shape index (κ2) is 6.01. The van der Waals surface area contributed by atoms with E-state index in [0.29, 0.717) is 0 Å². The monoisotopic (exact) mass is 239 g/mol. The average Bonchev–Trinajstić information content (AvgIpc) is 2.39. The Morgan fingerprint density at radius 1 is 1.06 bits per heavy atom. The summed E-state index contributed by atoms with van der Waals surface area (Å²) in [7, 11) is 0. The van der Waals surface area contributed by atoms with Crippen molar-refractivity contribution < 1.29 is 5.11 Å². The summed E-state index contributed by atoms with van der Waals surface area (Å²) in [4.78, 5) is 4.47. The topological polar surface area (TPSA) is 32.6 Å². The molecule has 0 spiro atoms. The third-order valence-electron chi connectivity index (χ3n) is 2.78. The van der Waals surface area contributed by atoms with Gasteiger partial charge in [0.2, 0.25) is 0 Å². The quantitative estimate of drug-likeness (QED) is 0.814. The number of hydrogen-bond donors (Lipinski definition) is 1. The Hall–Kier alpha value is -2.09. The molecule has 0 aromatic heterocycles. The molecule has 92 valence electrons. The molecule has 0 unspecified atom stereocenters. The molecule has 0 aliphatic rings. The van der Waals surface area contributed by atoms with Crippen molar-refractivity contribution in [1.82, 2.24) is 0 Å². The van der Waals surface area contributed by atoms with E-state index in [-0.39, 0.29) is 11.8 Å². The maximum Gasteiger partial charge on any atom is 0.124 e. The van der Waals surface area contributed by atoms with Gasteiger partial charge in [0.05, 0.1) is 6.04 Å². The Labute approximate surface area is 108 Å². The van der Waals surface area contributed by atoms with Crippen molar-refractivity contribution >= 4 is 6.21 Å². The number of phenols is 1. The minimum Gasteiger partial charge on any atom is -0.507 e. The highest BCUT2D eigenvalue weighted by Crippen LogP contribution is 2.13. The first-order chi connectivity index (χ1) is 8.75. The molecule has 1 N–H and O–H groups in total. The Kier molecular flexibility index (Phi) is 4.13. The van der Waals surface area contributed by atoms with Crippen molar-refractivity contribution in [1.29, 1.82) is 0 Å². The van der Waals surface area contributed by atoms with Crippen LogP contribution in [0.15, 0.2) is 59.6 Å². The van der Waals surface area contributed by atoms with Gasteiger partial charge in [-0.25, -0.2) is 0 Å². The summed E-state index contributed by atoms with van der Waals surface area (Å²) in [6.45, 7) is 2.07. The van der Waals surface area contributed by atoms with Crippen molar-refractivity contribution in [2.24, 2.45) is 4.99 Å². The van der Waals surface area contributed by atoms with Gasteiger partial charge in [-0.05, 0) is 31.0 Å². The van der Waals surface area contributed by atoms with Crippen LogP contribution in [-0.2, 0) is 6.42 Å². The van der Waals surface area contributed by atoms with Gasteiger partial charge in [-0.1, -0.05) is 42.5 Å². The molecule has 2 nitrogen and oxygen atoms in total. The van der Waals surface area contributed by atoms with Crippen molar-refractivity contribution in [2.45, 2.75) is 19.4 Å². The number of aromatic hydroxyl groups is 1. The first kappa shape index (κ1) is 12.4. The molecule has 0 heterocycles. The molecule has 0 radical (unpaired) electrons. The average molecular weight is 239 g/mol. The lowest BCUT2D eigenvalue weighted by Crippen LogP contribution is -2.03. The molecule has 1 atom stereocenters. The van der Waals surface area contributed by atoms with Gasteiger partial charge in [0.15, 0.2) is 0 Å². The predicted octanol–water partition coefficient (Wildman–Crippen LogP) is 3.44. The standard InChI is InChI=1S/C16H17NO/c1-13(11-14-7-3-2-4-8-14)17-12-15-9-5-6-10-16(15)18/h2-10,12-13,18H,11H2,1H3/t13-/m1/s1. The number of phenolic OH excluding ortho intramolecular Hbond substituents is 1. The summed E-state index contributed by atoms with van der Waals surface area (Å²) in [6, 6.07) is 17.7. The first-order valence-electron chi connectivity index (χ1n) is 6.11. The van der Waals surface area contributed by atoms with Crippen molar-refractivity contribution in [3.8, 4) is 5.75 Å². The van der Waals surface area contributed by atoms with Gasteiger partial charge in [0.25, 0.3) is 0 Å². The highest BCUT2D eigenvalue weighted by Gasteiger charge is 2.01. The number of benzene rings is 2. The Morgan fingerprint density at radius 2 is 1.72 bits per heavy atom. The van der Waals surface area contributed by atoms with E-state index in [1.165, 1.54) is 5.56 Å². The normalized spacial score (nSPS) is 12.7. The fourth-order valence-corrected chi connectivity index (χ4v) is 1.81. The second-order valence-corrected chi connectivity index (χ2v) is 4.38. The van der Waals surface area contributed by atoms with Gasteiger partial charge in [-0.2, -0.15) is 0 Å². The lowest BCUT2D eigenvalue weighted by Gasteiger charge is -2.06. The van der Waals surface area contributed by atoms with Crippen LogP contribution in [0.3, 0.4) is 0 Å². The maximum absolute atomic E-state index is 9.62. The predicted molar refractivity (Wildman–Crippen MR) is 75.3 cm³/mol. The molecule has 0 aliphatic carbocycles. The minimum absolute atomic E-state index is 0.201. The molecule has 18 heavy (non-hydrogen) atoms. The molecular formula is C16H17NO. The summed E-state index contributed by atoms with van der Waals surface area (Å²) >= 11 is 0. The lowest BCUT2D eigenvalue weighted by atomic mass is 10.1. The van der Waals surface area contributed by atoms with Crippen LogP contribution in [0.5, 0.6) is 5.75 Å². The second-order valence-electron chi connectivity index (χ2n) is 4.38. The molecule has 0 saturated heterocycles. The largest absolute Gasteiger partial charge is 0.507 e. The molecule has 0 saturated carbocycles. The van der Waals surface area contributed by atoms with Crippen molar-refractivity contribution in [3.05, 3.63) is 65.7 Å². The molecule has 2 rings (SSSR count). The van der Waals surface area contributed by atoms with E-state index in [1.807, 2.05) is 30.3 Å². The van der Waals surface area contributed by atoms with E-state index in [1.54, 1.807) is 18.3 Å². The van der Waals surface area contributed by atoms with Gasteiger partial charge in [0, 0.05) is 11.8 Å². The maximum atomic E-state index is 9.62. The Balaban J connectivity index is 1.99. The van der Waals surface area contributed by atoms with Crippen molar-refractivity contribution in [3.63, 3.8) is 0 Å². The van der Waals surface area contributed by atoms with Gasteiger partial charge in [-0.3, -0.25) is 4.99 Å². The van der Waals surface area contributed by atoms with E-state index < -0.39 is 0 Å². The van der Waals surface area contributed by atoms with Crippen LogP contribution in [0.2, 0.25) is 0 Å². The van der Waals surface area contributed by atoms with E-state index in [2.05, 4.69) is 24.0 Å². The summed E-state index contributed by atoms with van der Waals surface area (Å²) in [5, 5.41) is 9.62. The number of aliphatic imine (C=N–C) groups is 1. The van der Waals surface area contributed by atoms with Crippen molar-refractivity contribution in [2.75, 3.05) is 0 Å². The number of nitrogens with zero attached hydrogens (tertiary/aromatic N) is 1. The van der Waals surface area contributed by atoms with Gasteiger partial charge < -0.3 is 5.11 Å². The molecular weight excluding hydrogens is 222 g/mol. The van der Waals surface area contributed by atoms with Crippen LogP contribution >= 0.6 is 0 Å². The van der Waals surface area contributed by atoms with Crippen LogP contribution in [0.25, 0.3) is 0 Å². The van der Waals surface area contributed by atoms with Gasteiger partial charge in [-0.15, -0.1) is 0 Å². The van der Waals surface area contributed by atoms with E-state index in [0.717, 1.165) is 12.0 Å². The van der Waals surface area contributed by atoms with Gasteiger partial charge in [0.1, 0.15) is 5.75 Å². The van der Waals surface area contributed by atoms with E-state index in [4.69, 9.17) is 0 Å². The van der Waals surface area contributed by atoms with Crippen LogP contribution in [-0.4, -0.2) is 17.4 Å². The summed E-state index contributed by atoms with van der Waals surface area (Å²) < 4.78 is 0. The lowest BCUT2D eigenvalue weighted by molar-refractivity contribution is 0.474. The number of para-hydroxylation sites is 1.